The molecule has 0 aromatic heterocycles. The Morgan fingerprint density at radius 3 is 2.08 bits per heavy atom. The third kappa shape index (κ3) is 3.42. The second-order valence-corrected chi connectivity index (χ2v) is 3.24. The lowest BCUT2D eigenvalue weighted by molar-refractivity contribution is 0.294. The first-order chi connectivity index (χ1) is 5.49. The van der Waals surface area contributed by atoms with Gasteiger partial charge in [-0.25, -0.2) is 0 Å². The van der Waals surface area contributed by atoms with Crippen molar-refractivity contribution in [2.75, 3.05) is 7.11 Å². The lowest BCUT2D eigenvalue weighted by Crippen LogP contribution is -1.98. The molecule has 0 amide bonds. The van der Waals surface area contributed by atoms with Crippen molar-refractivity contribution in [3.8, 4) is 0 Å². The summed E-state index contributed by atoms with van der Waals surface area (Å²) in [5, 5.41) is 0. The summed E-state index contributed by atoms with van der Waals surface area (Å²) < 4.78 is 5.18. The van der Waals surface area contributed by atoms with Gasteiger partial charge in [0.1, 0.15) is 5.76 Å². The van der Waals surface area contributed by atoms with Crippen LogP contribution in [0.2, 0.25) is 0 Å². The van der Waals surface area contributed by atoms with Gasteiger partial charge in [-0.1, -0.05) is 32.6 Å². The lowest BCUT2D eigenvalue weighted by Gasteiger charge is -2.12. The molecule has 12 heavy (non-hydrogen) atoms. The van der Waals surface area contributed by atoms with Gasteiger partial charge in [0, 0.05) is 0 Å². The summed E-state index contributed by atoms with van der Waals surface area (Å²) in [5.41, 5.74) is 1.99. The Kier molecular flexibility index (Phi) is 4.42. The van der Waals surface area contributed by atoms with Gasteiger partial charge in [-0.15, -0.1) is 0 Å². The second-order valence-electron chi connectivity index (χ2n) is 3.24. The van der Waals surface area contributed by atoms with Crippen LogP contribution in [0.15, 0.2) is 36.1 Å². The lowest BCUT2D eigenvalue weighted by atomic mass is 10.0. The summed E-state index contributed by atoms with van der Waals surface area (Å²) in [6.07, 6.45) is 1.91. The van der Waals surface area contributed by atoms with Crippen molar-refractivity contribution < 1.29 is 4.74 Å². The van der Waals surface area contributed by atoms with E-state index in [4.69, 9.17) is 4.74 Å². The summed E-state index contributed by atoms with van der Waals surface area (Å²) in [5.74, 6) is 1.24. The monoisotopic (exact) mass is 166 g/mol. The maximum Gasteiger partial charge on any atom is 0.121 e. The normalized spacial score (nSPS) is 11.6. The SMILES string of the molecule is C=C(C)/C=C(/OC)C(=C)C(C)C. The van der Waals surface area contributed by atoms with E-state index in [1.54, 1.807) is 7.11 Å². The molecule has 0 N–H and O–H groups in total. The van der Waals surface area contributed by atoms with Crippen LogP contribution in [0.25, 0.3) is 0 Å². The van der Waals surface area contributed by atoms with Gasteiger partial charge in [0.05, 0.1) is 7.11 Å². The highest BCUT2D eigenvalue weighted by molar-refractivity contribution is 5.30. The van der Waals surface area contributed by atoms with Crippen LogP contribution in [0.1, 0.15) is 20.8 Å². The molecule has 0 radical (unpaired) electrons. The fourth-order valence-corrected chi connectivity index (χ4v) is 0.791. The summed E-state index contributed by atoms with van der Waals surface area (Å²) >= 11 is 0. The van der Waals surface area contributed by atoms with E-state index < -0.39 is 0 Å². The van der Waals surface area contributed by atoms with Gasteiger partial charge in [0.15, 0.2) is 0 Å². The standard InChI is InChI=1S/C11H18O/c1-8(2)7-11(12-6)10(5)9(3)4/h7,9H,1,5H2,2-4,6H3/b11-7+. The Balaban J connectivity index is 4.56. The zero-order chi connectivity index (χ0) is 9.72. The van der Waals surface area contributed by atoms with E-state index in [0.29, 0.717) is 5.92 Å². The molecule has 1 nitrogen and oxygen atoms in total. The third-order valence-corrected chi connectivity index (χ3v) is 1.61. The van der Waals surface area contributed by atoms with Gasteiger partial charge in [-0.2, -0.15) is 0 Å². The molecule has 68 valence electrons. The molecule has 0 aliphatic heterocycles. The van der Waals surface area contributed by atoms with Crippen LogP contribution in [-0.4, -0.2) is 7.11 Å². The molecule has 1 heteroatoms. The first-order valence-corrected chi connectivity index (χ1v) is 4.09. The van der Waals surface area contributed by atoms with Crippen LogP contribution in [-0.2, 0) is 4.74 Å². The molecule has 0 fully saturated rings. The van der Waals surface area contributed by atoms with Crippen molar-refractivity contribution >= 4 is 0 Å². The number of methoxy groups -OCH3 is 1. The molecule has 0 aromatic carbocycles. The minimum atomic E-state index is 0.413. The van der Waals surface area contributed by atoms with Gasteiger partial charge in [-0.05, 0) is 24.5 Å². The van der Waals surface area contributed by atoms with Gasteiger partial charge in [0.25, 0.3) is 0 Å². The van der Waals surface area contributed by atoms with E-state index in [2.05, 4.69) is 27.0 Å². The maximum absolute atomic E-state index is 5.18. The van der Waals surface area contributed by atoms with Crippen LogP contribution in [0, 0.1) is 5.92 Å². The summed E-state index contributed by atoms with van der Waals surface area (Å²) in [6.45, 7) is 13.9. The van der Waals surface area contributed by atoms with E-state index in [1.165, 1.54) is 0 Å². The van der Waals surface area contributed by atoms with E-state index in [0.717, 1.165) is 16.9 Å². The van der Waals surface area contributed by atoms with Crippen LogP contribution in [0.4, 0.5) is 0 Å². The van der Waals surface area contributed by atoms with E-state index in [9.17, 15) is 0 Å². The maximum atomic E-state index is 5.18. The van der Waals surface area contributed by atoms with Crippen molar-refractivity contribution in [2.24, 2.45) is 5.92 Å². The Morgan fingerprint density at radius 1 is 1.33 bits per heavy atom. The first kappa shape index (κ1) is 11.0. The molecular weight excluding hydrogens is 148 g/mol. The highest BCUT2D eigenvalue weighted by Crippen LogP contribution is 2.18. The third-order valence-electron chi connectivity index (χ3n) is 1.61. The average molecular weight is 166 g/mol. The number of ether oxygens (including phenoxy) is 1. The van der Waals surface area contributed by atoms with Crippen LogP contribution in [0.3, 0.4) is 0 Å². The average Bonchev–Trinajstić information content (AvgIpc) is 1.98. The number of hydrogen-bond donors (Lipinski definition) is 0. The van der Waals surface area contributed by atoms with Gasteiger partial charge >= 0.3 is 0 Å². The summed E-state index contributed by atoms with van der Waals surface area (Å²) in [6, 6.07) is 0. The molecule has 0 heterocycles. The minimum absolute atomic E-state index is 0.413. The number of hydrogen-bond acceptors (Lipinski definition) is 1. The molecule has 0 aromatic rings. The zero-order valence-electron chi connectivity index (χ0n) is 8.48. The molecular formula is C11H18O. The molecule has 0 atom stereocenters. The van der Waals surface area contributed by atoms with E-state index in [1.807, 2.05) is 13.0 Å². The summed E-state index contributed by atoms with van der Waals surface area (Å²) in [4.78, 5) is 0. The Morgan fingerprint density at radius 2 is 1.83 bits per heavy atom. The quantitative estimate of drug-likeness (QED) is 0.460. The predicted octanol–water partition coefficient (Wildman–Crippen LogP) is 3.31. The van der Waals surface area contributed by atoms with Gasteiger partial charge < -0.3 is 4.74 Å². The Bertz CT molecular complexity index is 209. The molecule has 0 unspecified atom stereocenters. The van der Waals surface area contributed by atoms with Crippen molar-refractivity contribution in [2.45, 2.75) is 20.8 Å². The van der Waals surface area contributed by atoms with Crippen molar-refractivity contribution in [3.05, 3.63) is 36.1 Å². The van der Waals surface area contributed by atoms with Crippen molar-refractivity contribution in [1.29, 1.82) is 0 Å². The van der Waals surface area contributed by atoms with Crippen LogP contribution < -0.4 is 0 Å². The largest absolute Gasteiger partial charge is 0.496 e. The van der Waals surface area contributed by atoms with Gasteiger partial charge in [-0.3, -0.25) is 0 Å². The van der Waals surface area contributed by atoms with Crippen LogP contribution >= 0.6 is 0 Å². The second kappa shape index (κ2) is 4.81. The fraction of sp³-hybridized carbons (Fsp3) is 0.455. The molecule has 0 spiro atoms. The molecule has 0 aliphatic rings. The first-order valence-electron chi connectivity index (χ1n) is 4.09. The molecule has 0 rings (SSSR count). The van der Waals surface area contributed by atoms with Crippen molar-refractivity contribution in [3.63, 3.8) is 0 Å². The Hall–Kier alpha value is -0.980. The highest BCUT2D eigenvalue weighted by Gasteiger charge is 2.06. The molecule has 0 saturated carbocycles. The Labute approximate surface area is 75.4 Å². The summed E-state index contributed by atoms with van der Waals surface area (Å²) in [7, 11) is 1.66. The smallest absolute Gasteiger partial charge is 0.121 e. The van der Waals surface area contributed by atoms with Crippen LogP contribution in [0.5, 0.6) is 0 Å². The van der Waals surface area contributed by atoms with E-state index >= 15 is 0 Å². The number of rotatable bonds is 4. The zero-order valence-corrected chi connectivity index (χ0v) is 8.48. The van der Waals surface area contributed by atoms with E-state index in [-0.39, 0.29) is 0 Å². The topological polar surface area (TPSA) is 9.23 Å². The number of allylic oxidation sites excluding steroid dienone is 3. The van der Waals surface area contributed by atoms with Crippen molar-refractivity contribution in [1.82, 2.24) is 0 Å². The fourth-order valence-electron chi connectivity index (χ4n) is 0.791. The minimum Gasteiger partial charge on any atom is -0.496 e. The molecule has 0 saturated heterocycles. The highest BCUT2D eigenvalue weighted by atomic mass is 16.5. The molecule has 0 aliphatic carbocycles. The van der Waals surface area contributed by atoms with Gasteiger partial charge in [0.2, 0.25) is 0 Å². The predicted molar refractivity (Wildman–Crippen MR) is 53.9 cm³/mol. The molecule has 0 bridgehead atoms.